The van der Waals surface area contributed by atoms with Gasteiger partial charge in [-0.05, 0) is 46.3 Å². The zero-order valence-corrected chi connectivity index (χ0v) is 15.7. The highest BCUT2D eigenvalue weighted by Crippen LogP contribution is 2.26. The zero-order chi connectivity index (χ0) is 18.4. The summed E-state index contributed by atoms with van der Waals surface area (Å²) < 4.78 is 0. The van der Waals surface area contributed by atoms with Crippen molar-refractivity contribution in [3.63, 3.8) is 0 Å². The molecule has 1 aromatic heterocycles. The topological polar surface area (TPSA) is 78.4 Å². The van der Waals surface area contributed by atoms with Crippen LogP contribution in [0.2, 0.25) is 0 Å². The van der Waals surface area contributed by atoms with E-state index in [1.54, 1.807) is 7.05 Å². The molecule has 1 saturated heterocycles. The Kier molecular flexibility index (Phi) is 6.87. The van der Waals surface area contributed by atoms with Gasteiger partial charge in [-0.1, -0.05) is 0 Å². The largest absolute Gasteiger partial charge is 0.359 e. The van der Waals surface area contributed by atoms with E-state index in [9.17, 15) is 9.59 Å². The smallest absolute Gasteiger partial charge is 0.236 e. The summed E-state index contributed by atoms with van der Waals surface area (Å²) in [5.41, 5.74) is 1.88. The predicted molar refractivity (Wildman–Crippen MR) is 96.3 cm³/mol. The summed E-state index contributed by atoms with van der Waals surface area (Å²) in [5, 5.41) is 2.63. The van der Waals surface area contributed by atoms with Crippen LogP contribution in [0.3, 0.4) is 0 Å². The summed E-state index contributed by atoms with van der Waals surface area (Å²) in [4.78, 5) is 36.7. The second-order valence-electron chi connectivity index (χ2n) is 6.92. The quantitative estimate of drug-likeness (QED) is 0.821. The third kappa shape index (κ3) is 5.77. The van der Waals surface area contributed by atoms with Crippen LogP contribution >= 0.6 is 0 Å². The second kappa shape index (κ2) is 8.89. The van der Waals surface area contributed by atoms with Crippen molar-refractivity contribution in [2.24, 2.45) is 0 Å². The van der Waals surface area contributed by atoms with Crippen LogP contribution in [0, 0.1) is 6.92 Å². The van der Waals surface area contributed by atoms with Gasteiger partial charge in [0.25, 0.3) is 0 Å². The minimum Gasteiger partial charge on any atom is -0.359 e. The number of likely N-dealkylation sites (tertiary alicyclic amines) is 1. The van der Waals surface area contributed by atoms with Crippen LogP contribution in [-0.2, 0) is 16.0 Å². The van der Waals surface area contributed by atoms with E-state index in [0.717, 1.165) is 36.6 Å². The van der Waals surface area contributed by atoms with Gasteiger partial charge in [-0.2, -0.15) is 0 Å². The molecule has 1 aliphatic heterocycles. The maximum absolute atomic E-state index is 12.3. The van der Waals surface area contributed by atoms with E-state index in [2.05, 4.69) is 15.3 Å². The minimum absolute atomic E-state index is 0.0101. The highest BCUT2D eigenvalue weighted by molar-refractivity contribution is 5.78. The molecule has 138 valence electrons. The van der Waals surface area contributed by atoms with Gasteiger partial charge in [0.1, 0.15) is 5.82 Å². The summed E-state index contributed by atoms with van der Waals surface area (Å²) >= 11 is 0. The molecule has 1 atom stereocenters. The van der Waals surface area contributed by atoms with Crippen molar-refractivity contribution >= 4 is 11.8 Å². The Morgan fingerprint density at radius 3 is 2.80 bits per heavy atom. The first-order valence-electron chi connectivity index (χ1n) is 8.86. The number of carbonyl (C=O) groups excluding carboxylic acids is 2. The fraction of sp³-hybridized carbons (Fsp3) is 0.667. The molecule has 0 radical (unpaired) electrons. The van der Waals surface area contributed by atoms with E-state index in [-0.39, 0.29) is 17.7 Å². The zero-order valence-electron chi connectivity index (χ0n) is 15.7. The SMILES string of the molecule is CNC(=O)CCc1cc([C@H]2CCCN(C(=O)CN(C)C)C2)nc(C)n1. The number of aryl methyl sites for hydroxylation is 2. The molecule has 25 heavy (non-hydrogen) atoms. The van der Waals surface area contributed by atoms with E-state index in [1.165, 1.54) is 0 Å². The fourth-order valence-corrected chi connectivity index (χ4v) is 3.17. The number of hydrogen-bond acceptors (Lipinski definition) is 5. The van der Waals surface area contributed by atoms with Gasteiger partial charge in [0.05, 0.1) is 6.54 Å². The number of hydrogen-bond donors (Lipinski definition) is 1. The molecular formula is C18H29N5O2. The fourth-order valence-electron chi connectivity index (χ4n) is 3.17. The number of rotatable bonds is 6. The van der Waals surface area contributed by atoms with E-state index >= 15 is 0 Å². The van der Waals surface area contributed by atoms with Crippen molar-refractivity contribution in [1.82, 2.24) is 25.1 Å². The molecular weight excluding hydrogens is 318 g/mol. The molecule has 7 nitrogen and oxygen atoms in total. The number of piperidine rings is 1. The van der Waals surface area contributed by atoms with Crippen molar-refractivity contribution in [1.29, 1.82) is 0 Å². The Labute approximate surface area is 149 Å². The van der Waals surface area contributed by atoms with Gasteiger partial charge in [-0.15, -0.1) is 0 Å². The van der Waals surface area contributed by atoms with Gasteiger partial charge < -0.3 is 15.1 Å². The summed E-state index contributed by atoms with van der Waals surface area (Å²) in [6.07, 6.45) is 3.04. The lowest BCUT2D eigenvalue weighted by Crippen LogP contribution is -2.43. The number of nitrogens with zero attached hydrogens (tertiary/aromatic N) is 4. The molecule has 0 unspecified atom stereocenters. The van der Waals surface area contributed by atoms with Crippen LogP contribution in [0.1, 0.15) is 42.4 Å². The Morgan fingerprint density at radius 2 is 2.12 bits per heavy atom. The van der Waals surface area contributed by atoms with Crippen LogP contribution in [-0.4, -0.2) is 72.4 Å². The highest BCUT2D eigenvalue weighted by atomic mass is 16.2. The molecule has 0 spiro atoms. The van der Waals surface area contributed by atoms with E-state index in [0.29, 0.717) is 25.9 Å². The highest BCUT2D eigenvalue weighted by Gasteiger charge is 2.26. The maximum Gasteiger partial charge on any atom is 0.236 e. The van der Waals surface area contributed by atoms with Gasteiger partial charge in [0.2, 0.25) is 11.8 Å². The molecule has 0 aliphatic carbocycles. The van der Waals surface area contributed by atoms with Crippen LogP contribution in [0.25, 0.3) is 0 Å². The van der Waals surface area contributed by atoms with Crippen LogP contribution in [0.4, 0.5) is 0 Å². The number of aromatic nitrogens is 2. The lowest BCUT2D eigenvalue weighted by molar-refractivity contribution is -0.133. The predicted octanol–water partition coefficient (Wildman–Crippen LogP) is 0.731. The summed E-state index contributed by atoms with van der Waals surface area (Å²) in [6.45, 7) is 3.84. The molecule has 7 heteroatoms. The first-order chi connectivity index (χ1) is 11.9. The molecule has 1 fully saturated rings. The molecule has 0 bridgehead atoms. The van der Waals surface area contributed by atoms with E-state index in [4.69, 9.17) is 0 Å². The Morgan fingerprint density at radius 1 is 1.36 bits per heavy atom. The summed E-state index contributed by atoms with van der Waals surface area (Å²) in [6, 6.07) is 2.00. The molecule has 2 heterocycles. The Hall–Kier alpha value is -2.02. The van der Waals surface area contributed by atoms with Crippen molar-refractivity contribution in [3.05, 3.63) is 23.3 Å². The first kappa shape index (κ1) is 19.3. The third-order valence-electron chi connectivity index (χ3n) is 4.44. The van der Waals surface area contributed by atoms with Gasteiger partial charge >= 0.3 is 0 Å². The molecule has 1 N–H and O–H groups in total. The third-order valence-corrected chi connectivity index (χ3v) is 4.44. The molecule has 2 rings (SSSR count). The van der Waals surface area contributed by atoms with E-state index < -0.39 is 0 Å². The average molecular weight is 347 g/mol. The number of nitrogens with one attached hydrogen (secondary N) is 1. The van der Waals surface area contributed by atoms with Gasteiger partial charge in [-0.25, -0.2) is 9.97 Å². The summed E-state index contributed by atoms with van der Waals surface area (Å²) in [7, 11) is 5.46. The lowest BCUT2D eigenvalue weighted by atomic mass is 9.93. The number of carbonyl (C=O) groups is 2. The molecule has 0 aromatic carbocycles. The van der Waals surface area contributed by atoms with Gasteiger partial charge in [0, 0.05) is 43.9 Å². The molecule has 1 aliphatic rings. The van der Waals surface area contributed by atoms with Gasteiger partial charge in [-0.3, -0.25) is 9.59 Å². The van der Waals surface area contributed by atoms with Crippen LogP contribution in [0.15, 0.2) is 6.07 Å². The van der Waals surface area contributed by atoms with Crippen molar-refractivity contribution < 1.29 is 9.59 Å². The van der Waals surface area contributed by atoms with Crippen molar-refractivity contribution in [3.8, 4) is 0 Å². The second-order valence-corrected chi connectivity index (χ2v) is 6.92. The summed E-state index contributed by atoms with van der Waals surface area (Å²) in [5.74, 6) is 1.14. The average Bonchev–Trinajstić information content (AvgIpc) is 2.58. The maximum atomic E-state index is 12.3. The normalized spacial score (nSPS) is 17.6. The van der Waals surface area contributed by atoms with E-state index in [1.807, 2.05) is 36.9 Å². The van der Waals surface area contributed by atoms with Crippen LogP contribution < -0.4 is 5.32 Å². The van der Waals surface area contributed by atoms with Crippen molar-refractivity contribution in [2.45, 2.75) is 38.5 Å². The standard InChI is InChI=1S/C18H29N5O2/c1-13-20-15(7-8-17(24)19-2)10-16(21-13)14-6-5-9-23(11-14)18(25)12-22(3)4/h10,14H,5-9,11-12H2,1-4H3,(H,19,24)/t14-/m0/s1. The monoisotopic (exact) mass is 347 g/mol. The minimum atomic E-state index is 0.0101. The lowest BCUT2D eigenvalue weighted by Gasteiger charge is -2.33. The molecule has 1 aromatic rings. The first-order valence-corrected chi connectivity index (χ1v) is 8.86. The molecule has 0 saturated carbocycles. The molecule has 2 amide bonds. The van der Waals surface area contributed by atoms with Crippen molar-refractivity contribution in [2.75, 3.05) is 40.8 Å². The Bertz CT molecular complexity index is 617. The van der Waals surface area contributed by atoms with Crippen LogP contribution in [0.5, 0.6) is 0 Å². The Balaban J connectivity index is 2.07. The van der Waals surface area contributed by atoms with Gasteiger partial charge in [0.15, 0.2) is 0 Å². The number of amides is 2. The number of likely N-dealkylation sites (N-methyl/N-ethyl adjacent to an activating group) is 1.